The summed E-state index contributed by atoms with van der Waals surface area (Å²) in [6.45, 7) is 5.88. The second-order valence-corrected chi connectivity index (χ2v) is 4.34. The highest BCUT2D eigenvalue weighted by molar-refractivity contribution is 5.22. The van der Waals surface area contributed by atoms with Crippen LogP contribution in [-0.4, -0.2) is 43.6 Å². The van der Waals surface area contributed by atoms with Gasteiger partial charge >= 0.3 is 0 Å². The molecule has 0 saturated carbocycles. The highest BCUT2D eigenvalue weighted by Gasteiger charge is 2.06. The van der Waals surface area contributed by atoms with E-state index in [2.05, 4.69) is 5.32 Å². The van der Waals surface area contributed by atoms with Crippen LogP contribution in [0.5, 0.6) is 5.75 Å². The van der Waals surface area contributed by atoms with Crippen molar-refractivity contribution >= 4 is 0 Å². The first-order valence-corrected chi connectivity index (χ1v) is 6.50. The lowest BCUT2D eigenvalue weighted by Gasteiger charge is -2.16. The molecule has 1 aromatic rings. The molecule has 0 radical (unpaired) electrons. The monoisotopic (exact) mass is 271 g/mol. The second-order valence-electron chi connectivity index (χ2n) is 4.34. The zero-order valence-electron chi connectivity index (χ0n) is 11.4. The van der Waals surface area contributed by atoms with Gasteiger partial charge in [-0.25, -0.2) is 4.39 Å². The number of rotatable bonds is 9. The van der Waals surface area contributed by atoms with E-state index in [-0.39, 0.29) is 18.5 Å². The summed E-state index contributed by atoms with van der Waals surface area (Å²) in [6, 6.07) is 5.72. The Morgan fingerprint density at radius 1 is 1.26 bits per heavy atom. The van der Waals surface area contributed by atoms with Crippen molar-refractivity contribution in [3.8, 4) is 5.75 Å². The first kappa shape index (κ1) is 15.9. The Balaban J connectivity index is 2.14. The van der Waals surface area contributed by atoms with Crippen molar-refractivity contribution in [2.24, 2.45) is 0 Å². The van der Waals surface area contributed by atoms with Crippen LogP contribution in [0.4, 0.5) is 4.39 Å². The molecule has 5 heteroatoms. The minimum atomic E-state index is -0.612. The summed E-state index contributed by atoms with van der Waals surface area (Å²) in [7, 11) is 0. The van der Waals surface area contributed by atoms with Crippen LogP contribution in [0.1, 0.15) is 13.8 Å². The number of aliphatic hydroxyl groups is 1. The van der Waals surface area contributed by atoms with Crippen LogP contribution in [-0.2, 0) is 4.74 Å². The van der Waals surface area contributed by atoms with Gasteiger partial charge in [0.25, 0.3) is 0 Å². The molecule has 0 aliphatic rings. The predicted octanol–water partition coefficient (Wildman–Crippen LogP) is 1.58. The van der Waals surface area contributed by atoms with Gasteiger partial charge in [-0.2, -0.15) is 0 Å². The standard InChI is InChI=1S/C14H22FNO3/c1-3-18-11(2)8-16-9-13(17)10-19-14-6-4-12(15)5-7-14/h4-7,11,13,16-17H,3,8-10H2,1-2H3. The van der Waals surface area contributed by atoms with Gasteiger partial charge in [-0.05, 0) is 38.1 Å². The van der Waals surface area contributed by atoms with Gasteiger partial charge in [0.1, 0.15) is 24.3 Å². The number of hydrogen-bond acceptors (Lipinski definition) is 4. The molecule has 0 fully saturated rings. The van der Waals surface area contributed by atoms with Crippen molar-refractivity contribution < 1.29 is 19.0 Å². The maximum Gasteiger partial charge on any atom is 0.123 e. The minimum Gasteiger partial charge on any atom is -0.491 e. The first-order valence-electron chi connectivity index (χ1n) is 6.50. The Kier molecular flexibility index (Phi) is 7.40. The third-order valence-corrected chi connectivity index (χ3v) is 2.52. The number of ether oxygens (including phenoxy) is 2. The summed E-state index contributed by atoms with van der Waals surface area (Å²) in [4.78, 5) is 0. The quantitative estimate of drug-likeness (QED) is 0.716. The fourth-order valence-electron chi connectivity index (χ4n) is 1.58. The van der Waals surface area contributed by atoms with E-state index < -0.39 is 6.10 Å². The SMILES string of the molecule is CCOC(C)CNCC(O)COc1ccc(F)cc1. The van der Waals surface area contributed by atoms with Crippen molar-refractivity contribution in [1.82, 2.24) is 5.32 Å². The minimum absolute atomic E-state index is 0.121. The van der Waals surface area contributed by atoms with Crippen LogP contribution in [0, 0.1) is 5.82 Å². The van der Waals surface area contributed by atoms with Crippen molar-refractivity contribution in [1.29, 1.82) is 0 Å². The molecule has 0 aliphatic heterocycles. The molecule has 0 bridgehead atoms. The lowest BCUT2D eigenvalue weighted by atomic mass is 10.3. The molecule has 1 aromatic carbocycles. The molecule has 0 amide bonds. The van der Waals surface area contributed by atoms with E-state index in [9.17, 15) is 9.50 Å². The molecule has 19 heavy (non-hydrogen) atoms. The molecular formula is C14H22FNO3. The maximum atomic E-state index is 12.7. The summed E-state index contributed by atoms with van der Waals surface area (Å²) in [5.74, 6) is 0.239. The molecule has 1 rings (SSSR count). The second kappa shape index (κ2) is 8.85. The van der Waals surface area contributed by atoms with Crippen LogP contribution in [0.3, 0.4) is 0 Å². The number of halogens is 1. The summed E-state index contributed by atoms with van der Waals surface area (Å²) in [6.07, 6.45) is -0.492. The average molecular weight is 271 g/mol. The van der Waals surface area contributed by atoms with Gasteiger partial charge in [-0.15, -0.1) is 0 Å². The van der Waals surface area contributed by atoms with E-state index >= 15 is 0 Å². The fraction of sp³-hybridized carbons (Fsp3) is 0.571. The molecule has 0 spiro atoms. The highest BCUT2D eigenvalue weighted by atomic mass is 19.1. The molecule has 0 aliphatic carbocycles. The van der Waals surface area contributed by atoms with Gasteiger partial charge in [-0.3, -0.25) is 0 Å². The molecule has 0 aromatic heterocycles. The van der Waals surface area contributed by atoms with Crippen LogP contribution >= 0.6 is 0 Å². The molecule has 2 atom stereocenters. The summed E-state index contributed by atoms with van der Waals surface area (Å²) in [5, 5.41) is 12.8. The molecule has 0 saturated heterocycles. The summed E-state index contributed by atoms with van der Waals surface area (Å²) >= 11 is 0. The third-order valence-electron chi connectivity index (χ3n) is 2.52. The zero-order chi connectivity index (χ0) is 14.1. The summed E-state index contributed by atoms with van der Waals surface area (Å²) < 4.78 is 23.4. The van der Waals surface area contributed by atoms with Gasteiger partial charge in [-0.1, -0.05) is 0 Å². The van der Waals surface area contributed by atoms with Crippen molar-refractivity contribution in [3.63, 3.8) is 0 Å². The smallest absolute Gasteiger partial charge is 0.123 e. The van der Waals surface area contributed by atoms with E-state index in [1.807, 2.05) is 13.8 Å². The topological polar surface area (TPSA) is 50.7 Å². The molecule has 2 N–H and O–H groups in total. The Morgan fingerprint density at radius 2 is 1.95 bits per heavy atom. The van der Waals surface area contributed by atoms with Gasteiger partial charge < -0.3 is 19.9 Å². The summed E-state index contributed by atoms with van der Waals surface area (Å²) in [5.41, 5.74) is 0. The van der Waals surface area contributed by atoms with E-state index in [0.717, 1.165) is 0 Å². The van der Waals surface area contributed by atoms with Gasteiger partial charge in [0, 0.05) is 19.7 Å². The first-order chi connectivity index (χ1) is 9.11. The van der Waals surface area contributed by atoms with Crippen LogP contribution in [0.15, 0.2) is 24.3 Å². The van der Waals surface area contributed by atoms with Crippen LogP contribution in [0.2, 0.25) is 0 Å². The largest absolute Gasteiger partial charge is 0.491 e. The van der Waals surface area contributed by atoms with Gasteiger partial charge in [0.15, 0.2) is 0 Å². The van der Waals surface area contributed by atoms with Crippen LogP contribution < -0.4 is 10.1 Å². The van der Waals surface area contributed by atoms with Gasteiger partial charge in [0.2, 0.25) is 0 Å². The highest BCUT2D eigenvalue weighted by Crippen LogP contribution is 2.11. The van der Waals surface area contributed by atoms with Crippen molar-refractivity contribution in [3.05, 3.63) is 30.1 Å². The van der Waals surface area contributed by atoms with Crippen molar-refractivity contribution in [2.75, 3.05) is 26.3 Å². The Labute approximate surface area is 113 Å². The molecular weight excluding hydrogens is 249 g/mol. The van der Waals surface area contributed by atoms with Crippen LogP contribution in [0.25, 0.3) is 0 Å². The van der Waals surface area contributed by atoms with E-state index in [1.54, 1.807) is 0 Å². The third kappa shape index (κ3) is 7.10. The molecule has 0 heterocycles. The number of benzene rings is 1. The zero-order valence-corrected chi connectivity index (χ0v) is 11.4. The number of aliphatic hydroxyl groups excluding tert-OH is 1. The maximum absolute atomic E-state index is 12.7. The van der Waals surface area contributed by atoms with E-state index in [0.29, 0.717) is 25.4 Å². The Bertz CT molecular complexity index is 345. The average Bonchev–Trinajstić information content (AvgIpc) is 2.38. The Hall–Kier alpha value is -1.17. The van der Waals surface area contributed by atoms with E-state index in [1.165, 1.54) is 24.3 Å². The number of hydrogen-bond donors (Lipinski definition) is 2. The lowest BCUT2D eigenvalue weighted by molar-refractivity contribution is 0.0671. The molecule has 2 unspecified atom stereocenters. The fourth-order valence-corrected chi connectivity index (χ4v) is 1.58. The van der Waals surface area contributed by atoms with Crippen molar-refractivity contribution in [2.45, 2.75) is 26.1 Å². The lowest BCUT2D eigenvalue weighted by Crippen LogP contribution is -2.35. The predicted molar refractivity (Wildman–Crippen MR) is 71.9 cm³/mol. The van der Waals surface area contributed by atoms with Gasteiger partial charge in [0.05, 0.1) is 6.10 Å². The molecule has 108 valence electrons. The Morgan fingerprint density at radius 3 is 2.58 bits per heavy atom. The van der Waals surface area contributed by atoms with E-state index in [4.69, 9.17) is 9.47 Å². The number of nitrogens with one attached hydrogen (secondary N) is 1. The molecule has 4 nitrogen and oxygen atoms in total. The normalized spacial score (nSPS) is 14.1.